The Morgan fingerprint density at radius 2 is 2.04 bits per heavy atom. The van der Waals surface area contributed by atoms with Crippen molar-refractivity contribution in [1.82, 2.24) is 24.9 Å². The van der Waals surface area contributed by atoms with E-state index in [4.69, 9.17) is 0 Å². The number of pyridine rings is 1. The maximum Gasteiger partial charge on any atom is 0.150 e. The van der Waals surface area contributed by atoms with Crippen molar-refractivity contribution in [2.24, 2.45) is 0 Å². The minimum atomic E-state index is 0.359. The van der Waals surface area contributed by atoms with E-state index >= 15 is 0 Å². The highest BCUT2D eigenvalue weighted by Gasteiger charge is 2.23. The molecule has 1 saturated heterocycles. The van der Waals surface area contributed by atoms with Crippen LogP contribution in [0.3, 0.4) is 0 Å². The first-order valence-electron chi connectivity index (χ1n) is 8.81. The first-order chi connectivity index (χ1) is 12.8. The number of hydrogen-bond donors (Lipinski definition) is 1. The standard InChI is InChI=1S/C19H21N7/c1-14-4-2-6-17(24-14)25-18-11-21-16(10-22-18)15-5-3-9-26(12-15)19-7-8-20-13-23-19/h2,4,6-8,10-11,13,15H,3,5,9,12H2,1H3,(H,22,24,25)/t15-/m0/s1. The molecule has 3 aromatic rings. The van der Waals surface area contributed by atoms with Gasteiger partial charge in [0.05, 0.1) is 18.1 Å². The molecule has 132 valence electrons. The van der Waals surface area contributed by atoms with Crippen LogP contribution in [0, 0.1) is 6.92 Å². The van der Waals surface area contributed by atoms with Crippen LogP contribution >= 0.6 is 0 Å². The third-order valence-electron chi connectivity index (χ3n) is 4.55. The molecule has 7 heteroatoms. The van der Waals surface area contributed by atoms with Gasteiger partial charge in [0.2, 0.25) is 0 Å². The average molecular weight is 347 g/mol. The second kappa shape index (κ2) is 7.43. The second-order valence-corrected chi connectivity index (χ2v) is 6.47. The molecular formula is C19H21N7. The van der Waals surface area contributed by atoms with Gasteiger partial charge in [0.1, 0.15) is 23.8 Å². The molecule has 1 aliphatic heterocycles. The molecular weight excluding hydrogens is 326 g/mol. The number of hydrogen-bond acceptors (Lipinski definition) is 7. The Hall–Kier alpha value is -3.09. The lowest BCUT2D eigenvalue weighted by Gasteiger charge is -2.33. The van der Waals surface area contributed by atoms with Gasteiger partial charge in [-0.05, 0) is 38.0 Å². The molecule has 4 heterocycles. The van der Waals surface area contributed by atoms with E-state index < -0.39 is 0 Å². The molecule has 0 aromatic carbocycles. The number of nitrogens with zero attached hydrogens (tertiary/aromatic N) is 6. The molecule has 0 spiro atoms. The van der Waals surface area contributed by atoms with Crippen molar-refractivity contribution >= 4 is 17.5 Å². The van der Waals surface area contributed by atoms with Crippen LogP contribution in [0.2, 0.25) is 0 Å². The summed E-state index contributed by atoms with van der Waals surface area (Å²) in [6, 6.07) is 7.81. The average Bonchev–Trinajstić information content (AvgIpc) is 2.69. The fourth-order valence-corrected chi connectivity index (χ4v) is 3.25. The molecule has 0 bridgehead atoms. The van der Waals surface area contributed by atoms with E-state index in [0.29, 0.717) is 11.7 Å². The molecule has 0 amide bonds. The van der Waals surface area contributed by atoms with Crippen LogP contribution < -0.4 is 10.2 Å². The van der Waals surface area contributed by atoms with E-state index in [9.17, 15) is 0 Å². The molecule has 1 fully saturated rings. The third-order valence-corrected chi connectivity index (χ3v) is 4.55. The van der Waals surface area contributed by atoms with Gasteiger partial charge in [-0.1, -0.05) is 6.07 Å². The van der Waals surface area contributed by atoms with Gasteiger partial charge in [0.25, 0.3) is 0 Å². The highest BCUT2D eigenvalue weighted by molar-refractivity contribution is 5.50. The highest BCUT2D eigenvalue weighted by Crippen LogP contribution is 2.28. The molecule has 7 nitrogen and oxygen atoms in total. The Morgan fingerprint density at radius 3 is 2.81 bits per heavy atom. The van der Waals surface area contributed by atoms with Gasteiger partial charge in [-0.25, -0.2) is 19.9 Å². The summed E-state index contributed by atoms with van der Waals surface area (Å²) in [4.78, 5) is 24.2. The lowest BCUT2D eigenvalue weighted by Crippen LogP contribution is -2.35. The summed E-state index contributed by atoms with van der Waals surface area (Å²) >= 11 is 0. The summed E-state index contributed by atoms with van der Waals surface area (Å²) in [5, 5.41) is 3.20. The van der Waals surface area contributed by atoms with Crippen LogP contribution in [0.15, 0.2) is 49.2 Å². The van der Waals surface area contributed by atoms with Gasteiger partial charge < -0.3 is 10.2 Å². The first kappa shape index (κ1) is 16.4. The minimum absolute atomic E-state index is 0.359. The Balaban J connectivity index is 1.44. The smallest absolute Gasteiger partial charge is 0.150 e. The van der Waals surface area contributed by atoms with Crippen molar-refractivity contribution < 1.29 is 0 Å². The number of rotatable bonds is 4. The van der Waals surface area contributed by atoms with E-state index in [1.807, 2.05) is 37.4 Å². The topological polar surface area (TPSA) is 79.7 Å². The summed E-state index contributed by atoms with van der Waals surface area (Å²) < 4.78 is 0. The Labute approximate surface area is 152 Å². The molecule has 26 heavy (non-hydrogen) atoms. The maximum atomic E-state index is 4.64. The van der Waals surface area contributed by atoms with Crippen LogP contribution in [0.5, 0.6) is 0 Å². The Kier molecular flexibility index (Phi) is 4.68. The second-order valence-electron chi connectivity index (χ2n) is 6.47. The van der Waals surface area contributed by atoms with Crippen molar-refractivity contribution in [1.29, 1.82) is 0 Å². The van der Waals surface area contributed by atoms with Gasteiger partial charge >= 0.3 is 0 Å². The van der Waals surface area contributed by atoms with Crippen LogP contribution in [-0.2, 0) is 0 Å². The molecule has 1 N–H and O–H groups in total. The normalized spacial score (nSPS) is 17.1. The largest absolute Gasteiger partial charge is 0.356 e. The highest BCUT2D eigenvalue weighted by atomic mass is 15.2. The summed E-state index contributed by atoms with van der Waals surface area (Å²) in [6.45, 7) is 3.88. The number of aromatic nitrogens is 5. The molecule has 1 aliphatic rings. The Morgan fingerprint density at radius 1 is 1.08 bits per heavy atom. The van der Waals surface area contributed by atoms with Crippen molar-refractivity contribution in [2.75, 3.05) is 23.3 Å². The molecule has 0 radical (unpaired) electrons. The van der Waals surface area contributed by atoms with E-state index in [-0.39, 0.29) is 0 Å². The van der Waals surface area contributed by atoms with Crippen LogP contribution in [0.4, 0.5) is 17.5 Å². The molecule has 0 saturated carbocycles. The van der Waals surface area contributed by atoms with Gasteiger partial charge in [0, 0.05) is 30.9 Å². The predicted octanol–water partition coefficient (Wildman–Crippen LogP) is 3.10. The number of piperidine rings is 1. The summed E-state index contributed by atoms with van der Waals surface area (Å²) in [6.07, 6.45) is 9.26. The van der Waals surface area contributed by atoms with Crippen LogP contribution in [-0.4, -0.2) is 38.0 Å². The van der Waals surface area contributed by atoms with E-state index in [0.717, 1.165) is 49.0 Å². The monoisotopic (exact) mass is 347 g/mol. The lowest BCUT2D eigenvalue weighted by molar-refractivity contribution is 0.497. The van der Waals surface area contributed by atoms with Gasteiger partial charge in [-0.3, -0.25) is 4.98 Å². The quantitative estimate of drug-likeness (QED) is 0.777. The summed E-state index contributed by atoms with van der Waals surface area (Å²) in [5.41, 5.74) is 1.98. The van der Waals surface area contributed by atoms with Crippen LogP contribution in [0.25, 0.3) is 0 Å². The van der Waals surface area contributed by atoms with Crippen LogP contribution in [0.1, 0.15) is 30.1 Å². The summed E-state index contributed by atoms with van der Waals surface area (Å²) in [7, 11) is 0. The van der Waals surface area contributed by atoms with Crippen molar-refractivity contribution in [3.63, 3.8) is 0 Å². The number of nitrogens with one attached hydrogen (secondary N) is 1. The zero-order valence-corrected chi connectivity index (χ0v) is 14.7. The predicted molar refractivity (Wildman–Crippen MR) is 101 cm³/mol. The SMILES string of the molecule is Cc1cccc(Nc2cnc([C@H]3CCCN(c4ccncn4)C3)cn2)n1. The number of anilines is 3. The van der Waals surface area contributed by atoms with Crippen molar-refractivity contribution in [2.45, 2.75) is 25.7 Å². The zero-order chi connectivity index (χ0) is 17.8. The fraction of sp³-hybridized carbons (Fsp3) is 0.316. The maximum absolute atomic E-state index is 4.64. The molecule has 1 atom stereocenters. The molecule has 0 aliphatic carbocycles. The van der Waals surface area contributed by atoms with Gasteiger partial charge in [-0.2, -0.15) is 0 Å². The number of aryl methyl sites for hydroxylation is 1. The van der Waals surface area contributed by atoms with E-state index in [1.54, 1.807) is 18.7 Å². The fourth-order valence-electron chi connectivity index (χ4n) is 3.25. The lowest BCUT2D eigenvalue weighted by atomic mass is 9.95. The molecule has 4 rings (SSSR count). The zero-order valence-electron chi connectivity index (χ0n) is 14.7. The van der Waals surface area contributed by atoms with Crippen molar-refractivity contribution in [3.05, 3.63) is 60.6 Å². The Bertz CT molecular complexity index is 851. The molecule has 0 unspecified atom stereocenters. The minimum Gasteiger partial charge on any atom is -0.356 e. The van der Waals surface area contributed by atoms with Crippen molar-refractivity contribution in [3.8, 4) is 0 Å². The third kappa shape index (κ3) is 3.77. The van der Waals surface area contributed by atoms with Gasteiger partial charge in [0.15, 0.2) is 0 Å². The molecule has 3 aromatic heterocycles. The first-order valence-corrected chi connectivity index (χ1v) is 8.81. The summed E-state index contributed by atoms with van der Waals surface area (Å²) in [5.74, 6) is 2.81. The van der Waals surface area contributed by atoms with E-state index in [1.165, 1.54) is 0 Å². The van der Waals surface area contributed by atoms with Gasteiger partial charge in [-0.15, -0.1) is 0 Å². The van der Waals surface area contributed by atoms with E-state index in [2.05, 4.69) is 35.1 Å².